The van der Waals surface area contributed by atoms with Crippen LogP contribution in [0.1, 0.15) is 32.6 Å². The molecule has 1 N–H and O–H groups in total. The molecular formula is C13H18ClN5. The van der Waals surface area contributed by atoms with Crippen molar-refractivity contribution in [3.63, 3.8) is 0 Å². The largest absolute Gasteiger partial charge is 0.356 e. The molecule has 0 spiro atoms. The van der Waals surface area contributed by atoms with Crippen LogP contribution in [0.15, 0.2) is 6.20 Å². The predicted molar refractivity (Wildman–Crippen MR) is 76.5 cm³/mol. The second-order valence-electron chi connectivity index (χ2n) is 5.39. The standard InChI is InChI=1S/C13H18ClN5/c1-8-5-3-4-6-10(8)19(2)12-9-7-15-18-11(9)16-13(14)17-12/h7-8,10H,3-6H2,1-2H3,(H,15,16,17,18). The number of hydrogen-bond donors (Lipinski definition) is 1. The van der Waals surface area contributed by atoms with Crippen molar-refractivity contribution in [3.8, 4) is 0 Å². The molecule has 2 unspecified atom stereocenters. The molecule has 2 atom stereocenters. The van der Waals surface area contributed by atoms with Gasteiger partial charge in [-0.15, -0.1) is 0 Å². The van der Waals surface area contributed by atoms with E-state index in [4.69, 9.17) is 11.6 Å². The minimum atomic E-state index is 0.266. The zero-order chi connectivity index (χ0) is 13.4. The van der Waals surface area contributed by atoms with Gasteiger partial charge in [0.05, 0.1) is 11.6 Å². The van der Waals surface area contributed by atoms with Crippen molar-refractivity contribution in [2.24, 2.45) is 5.92 Å². The quantitative estimate of drug-likeness (QED) is 0.859. The molecule has 1 aliphatic carbocycles. The lowest BCUT2D eigenvalue weighted by Crippen LogP contribution is -2.39. The predicted octanol–water partition coefficient (Wildman–Crippen LogP) is 3.02. The Bertz CT molecular complexity index is 581. The molecule has 0 saturated heterocycles. The van der Waals surface area contributed by atoms with Crippen molar-refractivity contribution < 1.29 is 0 Å². The molecule has 102 valence electrons. The summed E-state index contributed by atoms with van der Waals surface area (Å²) in [4.78, 5) is 10.8. The molecule has 0 aliphatic heterocycles. The third kappa shape index (κ3) is 2.27. The second kappa shape index (κ2) is 4.96. The number of nitrogens with zero attached hydrogens (tertiary/aromatic N) is 4. The molecule has 2 aromatic rings. The van der Waals surface area contributed by atoms with Crippen LogP contribution in [0, 0.1) is 5.92 Å². The molecule has 2 heterocycles. The number of rotatable bonds is 2. The second-order valence-corrected chi connectivity index (χ2v) is 5.73. The lowest BCUT2D eigenvalue weighted by Gasteiger charge is -2.37. The third-order valence-corrected chi connectivity index (χ3v) is 4.33. The third-order valence-electron chi connectivity index (χ3n) is 4.16. The summed E-state index contributed by atoms with van der Waals surface area (Å²) in [6.07, 6.45) is 6.87. The Hall–Kier alpha value is -1.36. The summed E-state index contributed by atoms with van der Waals surface area (Å²) < 4.78 is 0. The Labute approximate surface area is 117 Å². The first-order valence-corrected chi connectivity index (χ1v) is 7.14. The highest BCUT2D eigenvalue weighted by molar-refractivity contribution is 6.28. The lowest BCUT2D eigenvalue weighted by molar-refractivity contribution is 0.321. The molecule has 1 saturated carbocycles. The molecule has 3 rings (SSSR count). The minimum Gasteiger partial charge on any atom is -0.356 e. The Balaban J connectivity index is 2.00. The van der Waals surface area contributed by atoms with Crippen LogP contribution >= 0.6 is 11.6 Å². The van der Waals surface area contributed by atoms with Crippen molar-refractivity contribution in [2.45, 2.75) is 38.6 Å². The molecule has 0 bridgehead atoms. The van der Waals surface area contributed by atoms with Gasteiger partial charge in [0.2, 0.25) is 5.28 Å². The van der Waals surface area contributed by atoms with Gasteiger partial charge in [-0.1, -0.05) is 19.8 Å². The van der Waals surface area contributed by atoms with E-state index < -0.39 is 0 Å². The van der Waals surface area contributed by atoms with Gasteiger partial charge in [0.15, 0.2) is 5.65 Å². The Morgan fingerprint density at radius 1 is 1.32 bits per heavy atom. The SMILES string of the molecule is CC1CCCCC1N(C)c1nc(Cl)nc2[nH]ncc12. The van der Waals surface area contributed by atoms with E-state index in [0.717, 1.165) is 11.2 Å². The zero-order valence-electron chi connectivity index (χ0n) is 11.2. The maximum Gasteiger partial charge on any atom is 0.226 e. The molecular weight excluding hydrogens is 262 g/mol. The van der Waals surface area contributed by atoms with Crippen LogP contribution in [-0.2, 0) is 0 Å². The van der Waals surface area contributed by atoms with E-state index in [1.807, 2.05) is 0 Å². The summed E-state index contributed by atoms with van der Waals surface area (Å²) in [5.74, 6) is 1.55. The number of anilines is 1. The van der Waals surface area contributed by atoms with Gasteiger partial charge in [0, 0.05) is 13.1 Å². The summed E-state index contributed by atoms with van der Waals surface area (Å²) in [6, 6.07) is 0.512. The maximum atomic E-state index is 6.00. The Kier molecular flexibility index (Phi) is 3.31. The van der Waals surface area contributed by atoms with E-state index in [1.165, 1.54) is 25.7 Å². The van der Waals surface area contributed by atoms with Crippen LogP contribution in [0.25, 0.3) is 11.0 Å². The fourth-order valence-electron chi connectivity index (χ4n) is 3.09. The van der Waals surface area contributed by atoms with Gasteiger partial charge < -0.3 is 4.90 Å². The number of aromatic amines is 1. The monoisotopic (exact) mass is 279 g/mol. The molecule has 6 heteroatoms. The molecule has 19 heavy (non-hydrogen) atoms. The first-order chi connectivity index (χ1) is 9.16. The van der Waals surface area contributed by atoms with Crippen LogP contribution in [0.2, 0.25) is 5.28 Å². The van der Waals surface area contributed by atoms with Crippen LogP contribution in [0.3, 0.4) is 0 Å². The number of aromatic nitrogens is 4. The highest BCUT2D eigenvalue weighted by Crippen LogP contribution is 2.32. The Morgan fingerprint density at radius 3 is 2.89 bits per heavy atom. The molecule has 0 aromatic carbocycles. The van der Waals surface area contributed by atoms with E-state index in [2.05, 4.69) is 39.0 Å². The van der Waals surface area contributed by atoms with Crippen molar-refractivity contribution in [3.05, 3.63) is 11.5 Å². The number of nitrogens with one attached hydrogen (secondary N) is 1. The summed E-state index contributed by atoms with van der Waals surface area (Å²) in [6.45, 7) is 2.32. The first-order valence-electron chi connectivity index (χ1n) is 6.76. The van der Waals surface area contributed by atoms with E-state index in [1.54, 1.807) is 6.20 Å². The highest BCUT2D eigenvalue weighted by Gasteiger charge is 2.27. The van der Waals surface area contributed by atoms with Gasteiger partial charge in [-0.3, -0.25) is 5.10 Å². The van der Waals surface area contributed by atoms with Crippen LogP contribution in [-0.4, -0.2) is 33.3 Å². The van der Waals surface area contributed by atoms with Crippen molar-refractivity contribution in [2.75, 3.05) is 11.9 Å². The summed E-state index contributed by atoms with van der Waals surface area (Å²) in [7, 11) is 2.09. The summed E-state index contributed by atoms with van der Waals surface area (Å²) >= 11 is 6.00. The van der Waals surface area contributed by atoms with Crippen molar-refractivity contribution in [1.29, 1.82) is 0 Å². The van der Waals surface area contributed by atoms with Crippen LogP contribution in [0.5, 0.6) is 0 Å². The van der Waals surface area contributed by atoms with Crippen molar-refractivity contribution in [1.82, 2.24) is 20.2 Å². The molecule has 2 aromatic heterocycles. The van der Waals surface area contributed by atoms with Gasteiger partial charge >= 0.3 is 0 Å². The van der Waals surface area contributed by atoms with Gasteiger partial charge in [-0.2, -0.15) is 15.1 Å². The minimum absolute atomic E-state index is 0.266. The average molecular weight is 280 g/mol. The zero-order valence-corrected chi connectivity index (χ0v) is 12.0. The highest BCUT2D eigenvalue weighted by atomic mass is 35.5. The Morgan fingerprint density at radius 2 is 2.11 bits per heavy atom. The van der Waals surface area contributed by atoms with Crippen molar-refractivity contribution >= 4 is 28.5 Å². The number of hydrogen-bond acceptors (Lipinski definition) is 4. The number of H-pyrrole nitrogens is 1. The topological polar surface area (TPSA) is 57.7 Å². The summed E-state index contributed by atoms with van der Waals surface area (Å²) in [5, 5.41) is 8.10. The number of fused-ring (bicyclic) bond motifs is 1. The van der Waals surface area contributed by atoms with E-state index >= 15 is 0 Å². The van der Waals surface area contributed by atoms with Crippen LogP contribution in [0.4, 0.5) is 5.82 Å². The lowest BCUT2D eigenvalue weighted by atomic mass is 9.85. The molecule has 5 nitrogen and oxygen atoms in total. The van der Waals surface area contributed by atoms with E-state index in [-0.39, 0.29) is 5.28 Å². The maximum absolute atomic E-state index is 6.00. The van der Waals surface area contributed by atoms with Gasteiger partial charge in [0.1, 0.15) is 5.82 Å². The fourth-order valence-corrected chi connectivity index (χ4v) is 3.26. The smallest absolute Gasteiger partial charge is 0.226 e. The molecule has 0 amide bonds. The van der Waals surface area contributed by atoms with Gasteiger partial charge in [0.25, 0.3) is 0 Å². The van der Waals surface area contributed by atoms with Gasteiger partial charge in [-0.25, -0.2) is 0 Å². The summed E-state index contributed by atoms with van der Waals surface area (Å²) in [5.41, 5.74) is 0.699. The first kappa shape index (κ1) is 12.7. The molecule has 1 aliphatic rings. The van der Waals surface area contributed by atoms with E-state index in [0.29, 0.717) is 17.6 Å². The molecule has 1 fully saturated rings. The normalized spacial score (nSPS) is 23.7. The number of halogens is 1. The van der Waals surface area contributed by atoms with Crippen LogP contribution < -0.4 is 4.90 Å². The average Bonchev–Trinajstić information content (AvgIpc) is 2.85. The van der Waals surface area contributed by atoms with E-state index in [9.17, 15) is 0 Å². The fraction of sp³-hybridized carbons (Fsp3) is 0.615. The molecule has 0 radical (unpaired) electrons. The van der Waals surface area contributed by atoms with Gasteiger partial charge in [-0.05, 0) is 30.4 Å².